The summed E-state index contributed by atoms with van der Waals surface area (Å²) in [6.07, 6.45) is 2.06. The fourth-order valence-electron chi connectivity index (χ4n) is 5.87. The number of methoxy groups -OCH3 is 1. The maximum atomic E-state index is 13.4. The Morgan fingerprint density at radius 3 is 1.34 bits per heavy atom. The SMILES string of the molecule is CCCOc1ccc(CCC(C(=O)OC)N2CCN(CC(=O)OC(C)(C)C)CCN(CC(=O)OC(C)(C)C)CCN(CC(=O)OC(C)(C)C)CC2)cc1. The highest BCUT2D eigenvalue weighted by Gasteiger charge is 2.30. The molecule has 0 aromatic heterocycles. The van der Waals surface area contributed by atoms with Crippen LogP contribution >= 0.6 is 0 Å². The molecular formula is C40H68N4O9. The smallest absolute Gasteiger partial charge is 0.323 e. The molecule has 0 aliphatic carbocycles. The van der Waals surface area contributed by atoms with Crippen molar-refractivity contribution in [1.82, 2.24) is 19.6 Å². The van der Waals surface area contributed by atoms with Gasteiger partial charge in [0.15, 0.2) is 0 Å². The summed E-state index contributed by atoms with van der Waals surface area (Å²) < 4.78 is 28.1. The summed E-state index contributed by atoms with van der Waals surface area (Å²) in [7, 11) is 1.40. The van der Waals surface area contributed by atoms with E-state index in [4.69, 9.17) is 23.7 Å². The molecule has 1 atom stereocenters. The molecule has 1 fully saturated rings. The van der Waals surface area contributed by atoms with Crippen molar-refractivity contribution in [3.8, 4) is 5.75 Å². The van der Waals surface area contributed by atoms with E-state index in [1.165, 1.54) is 7.11 Å². The average molecular weight is 749 g/mol. The first kappa shape index (κ1) is 45.9. The summed E-state index contributed by atoms with van der Waals surface area (Å²) in [5.74, 6) is -0.593. The Labute approximate surface area is 318 Å². The van der Waals surface area contributed by atoms with E-state index in [2.05, 4.69) is 11.8 Å². The topological polar surface area (TPSA) is 127 Å². The summed E-state index contributed by atoms with van der Waals surface area (Å²) in [5, 5.41) is 0. The molecule has 1 heterocycles. The van der Waals surface area contributed by atoms with E-state index < -0.39 is 22.8 Å². The molecule has 1 saturated heterocycles. The number of nitrogens with zero attached hydrogens (tertiary/aromatic N) is 4. The first-order valence-corrected chi connectivity index (χ1v) is 19.0. The van der Waals surface area contributed by atoms with Crippen LogP contribution in [0.25, 0.3) is 0 Å². The molecular weight excluding hydrogens is 680 g/mol. The van der Waals surface area contributed by atoms with Crippen LogP contribution in [0.4, 0.5) is 0 Å². The zero-order chi connectivity index (χ0) is 39.8. The van der Waals surface area contributed by atoms with Crippen molar-refractivity contribution in [1.29, 1.82) is 0 Å². The highest BCUT2D eigenvalue weighted by atomic mass is 16.6. The van der Waals surface area contributed by atoms with Crippen LogP contribution in [0, 0.1) is 0 Å². The summed E-state index contributed by atoms with van der Waals surface area (Å²) in [6.45, 7) is 23.0. The van der Waals surface area contributed by atoms with Crippen LogP contribution in [0.2, 0.25) is 0 Å². The van der Waals surface area contributed by atoms with Crippen molar-refractivity contribution in [3.05, 3.63) is 29.8 Å². The fraction of sp³-hybridized carbons (Fsp3) is 0.750. The van der Waals surface area contributed by atoms with Crippen LogP contribution in [-0.4, -0.2) is 152 Å². The van der Waals surface area contributed by atoms with Gasteiger partial charge in [0.05, 0.1) is 33.4 Å². The molecule has 1 aromatic carbocycles. The number of ether oxygens (including phenoxy) is 5. The lowest BCUT2D eigenvalue weighted by molar-refractivity contribution is -0.159. The second-order valence-electron chi connectivity index (χ2n) is 16.7. The molecule has 0 saturated carbocycles. The molecule has 1 unspecified atom stereocenters. The summed E-state index contributed by atoms with van der Waals surface area (Å²) in [6, 6.07) is 7.36. The van der Waals surface area contributed by atoms with Crippen LogP contribution < -0.4 is 4.74 Å². The van der Waals surface area contributed by atoms with Crippen molar-refractivity contribution < 1.29 is 42.9 Å². The number of benzene rings is 1. The average Bonchev–Trinajstić information content (AvgIpc) is 3.02. The van der Waals surface area contributed by atoms with Gasteiger partial charge in [-0.25, -0.2) is 0 Å². The molecule has 0 spiro atoms. The molecule has 2 rings (SSSR count). The zero-order valence-electron chi connectivity index (χ0n) is 34.5. The first-order valence-electron chi connectivity index (χ1n) is 19.0. The Morgan fingerprint density at radius 2 is 1.00 bits per heavy atom. The molecule has 1 aliphatic rings. The van der Waals surface area contributed by atoms with Gasteiger partial charge in [-0.1, -0.05) is 19.1 Å². The number of esters is 4. The molecule has 13 nitrogen and oxygen atoms in total. The van der Waals surface area contributed by atoms with E-state index >= 15 is 0 Å². The Kier molecular flexibility index (Phi) is 18.7. The standard InChI is InChI=1S/C40H68N4O9/c1-12-27-50-32-16-13-31(14-17-32)15-18-33(37(48)49-11)44-25-23-42(29-35(46)52-39(5,6)7)21-19-41(28-34(45)51-38(2,3)4)20-22-43(24-26-44)30-36(47)53-40(8,9)10/h13-14,16-17,33H,12,15,18-30H2,1-11H3. The van der Waals surface area contributed by atoms with Gasteiger partial charge in [0.1, 0.15) is 28.6 Å². The van der Waals surface area contributed by atoms with Crippen LogP contribution in [-0.2, 0) is 44.5 Å². The number of carbonyl (C=O) groups excluding carboxylic acids is 4. The monoisotopic (exact) mass is 748 g/mol. The Bertz CT molecular complexity index is 1240. The van der Waals surface area contributed by atoms with E-state index in [0.717, 1.165) is 17.7 Å². The van der Waals surface area contributed by atoms with E-state index in [1.807, 2.05) is 101 Å². The third-order valence-electron chi connectivity index (χ3n) is 8.21. The summed E-state index contributed by atoms with van der Waals surface area (Å²) in [4.78, 5) is 60.7. The molecule has 302 valence electrons. The van der Waals surface area contributed by atoms with Crippen molar-refractivity contribution in [3.63, 3.8) is 0 Å². The van der Waals surface area contributed by atoms with Crippen molar-refractivity contribution in [2.75, 3.05) is 85.7 Å². The quantitative estimate of drug-likeness (QED) is 0.200. The van der Waals surface area contributed by atoms with E-state index in [9.17, 15) is 19.2 Å². The molecule has 0 bridgehead atoms. The maximum absolute atomic E-state index is 13.4. The zero-order valence-corrected chi connectivity index (χ0v) is 34.5. The largest absolute Gasteiger partial charge is 0.494 e. The minimum atomic E-state index is -0.647. The fourth-order valence-corrected chi connectivity index (χ4v) is 5.87. The summed E-state index contributed by atoms with van der Waals surface area (Å²) in [5.41, 5.74) is -0.861. The van der Waals surface area contributed by atoms with E-state index in [-0.39, 0.29) is 43.5 Å². The number of hydrogen-bond acceptors (Lipinski definition) is 13. The van der Waals surface area contributed by atoms with Gasteiger partial charge in [0, 0.05) is 52.4 Å². The predicted molar refractivity (Wildman–Crippen MR) is 205 cm³/mol. The molecule has 0 radical (unpaired) electrons. The number of hydrogen-bond donors (Lipinski definition) is 0. The third kappa shape index (κ3) is 20.1. The lowest BCUT2D eigenvalue weighted by atomic mass is 10.0. The minimum Gasteiger partial charge on any atom is -0.494 e. The van der Waals surface area contributed by atoms with E-state index in [0.29, 0.717) is 71.8 Å². The number of carbonyl (C=O) groups is 4. The van der Waals surface area contributed by atoms with Gasteiger partial charge in [-0.2, -0.15) is 0 Å². The van der Waals surface area contributed by atoms with Crippen molar-refractivity contribution in [2.45, 2.75) is 111 Å². The van der Waals surface area contributed by atoms with E-state index in [1.54, 1.807) is 0 Å². The van der Waals surface area contributed by atoms with Crippen molar-refractivity contribution >= 4 is 23.9 Å². The molecule has 1 aliphatic heterocycles. The van der Waals surface area contributed by atoms with Crippen molar-refractivity contribution in [2.24, 2.45) is 0 Å². The second-order valence-corrected chi connectivity index (χ2v) is 16.7. The minimum absolute atomic E-state index is 0.0471. The molecule has 0 amide bonds. The van der Waals surface area contributed by atoms with Gasteiger partial charge >= 0.3 is 23.9 Å². The second kappa shape index (κ2) is 21.6. The number of aryl methyl sites for hydroxylation is 1. The van der Waals surface area contributed by atoms with Gasteiger partial charge < -0.3 is 23.7 Å². The van der Waals surface area contributed by atoms with Crippen LogP contribution in [0.15, 0.2) is 24.3 Å². The highest BCUT2D eigenvalue weighted by Crippen LogP contribution is 2.18. The van der Waals surface area contributed by atoms with Gasteiger partial charge in [0.25, 0.3) is 0 Å². The molecule has 1 aromatic rings. The van der Waals surface area contributed by atoms with Gasteiger partial charge in [-0.05, 0) is 99.3 Å². The molecule has 53 heavy (non-hydrogen) atoms. The Hall–Kier alpha value is -3.26. The maximum Gasteiger partial charge on any atom is 0.323 e. The van der Waals surface area contributed by atoms with Gasteiger partial charge in [-0.3, -0.25) is 38.8 Å². The lowest BCUT2D eigenvalue weighted by Gasteiger charge is -2.36. The van der Waals surface area contributed by atoms with Gasteiger partial charge in [0.2, 0.25) is 0 Å². The third-order valence-corrected chi connectivity index (χ3v) is 8.21. The molecule has 0 N–H and O–H groups in total. The van der Waals surface area contributed by atoms with Crippen LogP contribution in [0.1, 0.15) is 87.6 Å². The predicted octanol–water partition coefficient (Wildman–Crippen LogP) is 4.20. The van der Waals surface area contributed by atoms with Crippen LogP contribution in [0.5, 0.6) is 5.75 Å². The first-order chi connectivity index (χ1) is 24.7. The number of rotatable bonds is 14. The Balaban J connectivity index is 2.41. The van der Waals surface area contributed by atoms with Gasteiger partial charge in [-0.15, -0.1) is 0 Å². The normalized spacial score (nSPS) is 17.2. The summed E-state index contributed by atoms with van der Waals surface area (Å²) >= 11 is 0. The van der Waals surface area contributed by atoms with Crippen LogP contribution in [0.3, 0.4) is 0 Å². The lowest BCUT2D eigenvalue weighted by Crippen LogP contribution is -2.52. The highest BCUT2D eigenvalue weighted by molar-refractivity contribution is 5.76. The molecule has 13 heteroatoms. The Morgan fingerprint density at radius 1 is 0.623 bits per heavy atom.